The van der Waals surface area contributed by atoms with E-state index in [0.717, 1.165) is 0 Å². The first-order valence-corrected chi connectivity index (χ1v) is 5.30. The molecule has 1 aliphatic heterocycles. The Bertz CT molecular complexity index is 555. The number of hydrogen-bond donors (Lipinski definition) is 3. The van der Waals surface area contributed by atoms with Crippen molar-refractivity contribution in [2.24, 2.45) is 10.9 Å². The van der Waals surface area contributed by atoms with Crippen molar-refractivity contribution in [3.05, 3.63) is 23.8 Å². The summed E-state index contributed by atoms with van der Waals surface area (Å²) in [4.78, 5) is 21.6. The molecular weight excluding hydrogens is 254 g/mol. The molecule has 0 spiro atoms. The summed E-state index contributed by atoms with van der Waals surface area (Å²) in [6.45, 7) is -0.167. The SMILES string of the molecule is NC(=O)NC(=O)COc1ccc2c(c1)OC/C2=N\O. The van der Waals surface area contributed by atoms with Crippen molar-refractivity contribution in [3.8, 4) is 11.5 Å². The van der Waals surface area contributed by atoms with Gasteiger partial charge >= 0.3 is 6.03 Å². The standard InChI is InChI=1S/C11H11N3O5/c12-11(16)13-10(15)5-18-6-1-2-7-8(14-17)4-19-9(7)3-6/h1-3,17H,4-5H2,(H3,12,13,15,16)/b14-8+. The number of nitrogens with two attached hydrogens (primary N) is 1. The number of primary amides is 1. The number of imide groups is 1. The molecule has 1 heterocycles. The number of amides is 3. The number of fused-ring (bicyclic) bond motifs is 1. The number of nitrogens with one attached hydrogen (secondary N) is 1. The Morgan fingerprint density at radius 2 is 2.32 bits per heavy atom. The van der Waals surface area contributed by atoms with E-state index in [2.05, 4.69) is 5.16 Å². The highest BCUT2D eigenvalue weighted by molar-refractivity contribution is 6.06. The second-order valence-electron chi connectivity index (χ2n) is 3.69. The molecule has 19 heavy (non-hydrogen) atoms. The second-order valence-corrected chi connectivity index (χ2v) is 3.69. The van der Waals surface area contributed by atoms with Crippen molar-refractivity contribution in [2.75, 3.05) is 13.2 Å². The number of rotatable bonds is 3. The summed E-state index contributed by atoms with van der Waals surface area (Å²) in [5.41, 5.74) is 5.87. The monoisotopic (exact) mass is 265 g/mol. The van der Waals surface area contributed by atoms with Crippen LogP contribution < -0.4 is 20.5 Å². The fraction of sp³-hybridized carbons (Fsp3) is 0.182. The molecule has 0 atom stereocenters. The molecule has 0 bridgehead atoms. The van der Waals surface area contributed by atoms with Crippen LogP contribution in [0.3, 0.4) is 0 Å². The highest BCUT2D eigenvalue weighted by Crippen LogP contribution is 2.29. The van der Waals surface area contributed by atoms with Gasteiger partial charge in [0.1, 0.15) is 23.8 Å². The van der Waals surface area contributed by atoms with Crippen LogP contribution in [0.1, 0.15) is 5.56 Å². The van der Waals surface area contributed by atoms with E-state index in [1.165, 1.54) is 0 Å². The van der Waals surface area contributed by atoms with E-state index in [1.54, 1.807) is 18.2 Å². The lowest BCUT2D eigenvalue weighted by molar-refractivity contribution is -0.121. The molecular formula is C11H11N3O5. The van der Waals surface area contributed by atoms with Crippen LogP contribution in [0.4, 0.5) is 4.79 Å². The van der Waals surface area contributed by atoms with Gasteiger partial charge in [-0.05, 0) is 12.1 Å². The maximum absolute atomic E-state index is 11.1. The summed E-state index contributed by atoms with van der Waals surface area (Å²) in [6.07, 6.45) is 0. The average Bonchev–Trinajstić information content (AvgIpc) is 2.77. The molecule has 0 aromatic heterocycles. The number of benzene rings is 1. The van der Waals surface area contributed by atoms with E-state index < -0.39 is 11.9 Å². The molecule has 0 unspecified atom stereocenters. The van der Waals surface area contributed by atoms with Crippen LogP contribution in [0.15, 0.2) is 23.4 Å². The third kappa shape index (κ3) is 2.92. The molecule has 0 aliphatic carbocycles. The van der Waals surface area contributed by atoms with Crippen molar-refractivity contribution in [2.45, 2.75) is 0 Å². The van der Waals surface area contributed by atoms with Gasteiger partial charge in [-0.2, -0.15) is 0 Å². The highest BCUT2D eigenvalue weighted by atomic mass is 16.5. The Balaban J connectivity index is 2.00. The van der Waals surface area contributed by atoms with Crippen LogP contribution in [0, 0.1) is 0 Å². The zero-order valence-electron chi connectivity index (χ0n) is 9.75. The summed E-state index contributed by atoms with van der Waals surface area (Å²) < 4.78 is 10.4. The van der Waals surface area contributed by atoms with Gasteiger partial charge in [-0.25, -0.2) is 4.79 Å². The van der Waals surface area contributed by atoms with E-state index in [-0.39, 0.29) is 13.2 Å². The van der Waals surface area contributed by atoms with Crippen LogP contribution in [0.25, 0.3) is 0 Å². The van der Waals surface area contributed by atoms with E-state index in [1.807, 2.05) is 5.32 Å². The number of nitrogens with zero attached hydrogens (tertiary/aromatic N) is 1. The first kappa shape index (κ1) is 12.7. The molecule has 0 fully saturated rings. The predicted octanol–water partition coefficient (Wildman–Crippen LogP) is -0.169. The van der Waals surface area contributed by atoms with E-state index >= 15 is 0 Å². The van der Waals surface area contributed by atoms with E-state index in [9.17, 15) is 9.59 Å². The van der Waals surface area contributed by atoms with Crippen LogP contribution in [0.2, 0.25) is 0 Å². The third-order valence-electron chi connectivity index (χ3n) is 2.38. The van der Waals surface area contributed by atoms with Gasteiger partial charge in [0.15, 0.2) is 6.61 Å². The lowest BCUT2D eigenvalue weighted by atomic mass is 10.1. The number of carbonyl (C=O) groups is 2. The Kier molecular flexibility index (Phi) is 3.51. The number of ether oxygens (including phenoxy) is 2. The molecule has 100 valence electrons. The Morgan fingerprint density at radius 1 is 1.53 bits per heavy atom. The lowest BCUT2D eigenvalue weighted by Gasteiger charge is -2.06. The maximum Gasteiger partial charge on any atom is 0.318 e. The van der Waals surface area contributed by atoms with Gasteiger partial charge in [-0.15, -0.1) is 0 Å². The largest absolute Gasteiger partial charge is 0.486 e. The normalized spacial score (nSPS) is 14.6. The van der Waals surface area contributed by atoms with E-state index in [0.29, 0.717) is 22.8 Å². The van der Waals surface area contributed by atoms with Crippen LogP contribution in [0.5, 0.6) is 11.5 Å². The molecule has 0 saturated carbocycles. The zero-order chi connectivity index (χ0) is 13.8. The Labute approximate surface area is 107 Å². The van der Waals surface area contributed by atoms with Gasteiger partial charge in [0, 0.05) is 11.6 Å². The topological polar surface area (TPSA) is 123 Å². The maximum atomic E-state index is 11.1. The van der Waals surface area contributed by atoms with Crippen molar-refractivity contribution in [1.29, 1.82) is 0 Å². The van der Waals surface area contributed by atoms with Gasteiger partial charge in [-0.1, -0.05) is 5.16 Å². The minimum absolute atomic E-state index is 0.178. The van der Waals surface area contributed by atoms with Crippen molar-refractivity contribution in [3.63, 3.8) is 0 Å². The van der Waals surface area contributed by atoms with E-state index in [4.69, 9.17) is 20.4 Å². The Morgan fingerprint density at radius 3 is 3.00 bits per heavy atom. The first-order valence-electron chi connectivity index (χ1n) is 5.30. The van der Waals surface area contributed by atoms with Gasteiger partial charge < -0.3 is 20.4 Å². The summed E-state index contributed by atoms with van der Waals surface area (Å²) in [5.74, 6) is 0.240. The molecule has 0 radical (unpaired) electrons. The second kappa shape index (κ2) is 5.25. The smallest absolute Gasteiger partial charge is 0.318 e. The quantitative estimate of drug-likeness (QED) is 0.517. The Hall–Kier alpha value is -2.77. The third-order valence-corrected chi connectivity index (χ3v) is 2.38. The molecule has 8 heteroatoms. The number of carbonyl (C=O) groups excluding carboxylic acids is 2. The van der Waals surface area contributed by atoms with Gasteiger partial charge in [0.2, 0.25) is 0 Å². The van der Waals surface area contributed by atoms with Crippen molar-refractivity contribution < 1.29 is 24.3 Å². The minimum Gasteiger partial charge on any atom is -0.486 e. The molecule has 1 aromatic carbocycles. The summed E-state index contributed by atoms with van der Waals surface area (Å²) in [6, 6.07) is 3.87. The van der Waals surface area contributed by atoms with Gasteiger partial charge in [-0.3, -0.25) is 10.1 Å². The number of oxime groups is 1. The molecule has 4 N–H and O–H groups in total. The van der Waals surface area contributed by atoms with Gasteiger partial charge in [0.25, 0.3) is 5.91 Å². The van der Waals surface area contributed by atoms with Crippen molar-refractivity contribution in [1.82, 2.24) is 5.32 Å². The fourth-order valence-corrected chi connectivity index (χ4v) is 1.58. The van der Waals surface area contributed by atoms with Crippen LogP contribution in [-0.4, -0.2) is 36.1 Å². The highest BCUT2D eigenvalue weighted by Gasteiger charge is 2.20. The predicted molar refractivity (Wildman–Crippen MR) is 63.5 cm³/mol. The van der Waals surface area contributed by atoms with Crippen LogP contribution in [-0.2, 0) is 4.79 Å². The molecule has 0 saturated heterocycles. The molecule has 1 aliphatic rings. The van der Waals surface area contributed by atoms with Crippen molar-refractivity contribution >= 4 is 17.6 Å². The van der Waals surface area contributed by atoms with Crippen LogP contribution >= 0.6 is 0 Å². The zero-order valence-corrected chi connectivity index (χ0v) is 9.75. The lowest BCUT2D eigenvalue weighted by Crippen LogP contribution is -2.38. The average molecular weight is 265 g/mol. The summed E-state index contributed by atoms with van der Waals surface area (Å²) in [7, 11) is 0. The molecule has 3 amide bonds. The first-order chi connectivity index (χ1) is 9.10. The minimum atomic E-state index is -0.935. The molecule has 2 rings (SSSR count). The number of urea groups is 1. The summed E-state index contributed by atoms with van der Waals surface area (Å²) >= 11 is 0. The fourth-order valence-electron chi connectivity index (χ4n) is 1.58. The molecule has 1 aromatic rings. The number of hydrogen-bond acceptors (Lipinski definition) is 6. The van der Waals surface area contributed by atoms with Gasteiger partial charge in [0.05, 0.1) is 0 Å². The summed E-state index contributed by atoms with van der Waals surface area (Å²) in [5, 5.41) is 13.7. The molecule has 8 nitrogen and oxygen atoms in total.